The molecule has 0 bridgehead atoms. The molecule has 0 aliphatic heterocycles. The summed E-state index contributed by atoms with van der Waals surface area (Å²) in [6.07, 6.45) is 39.1. The molecule has 8 nitrogen and oxygen atoms in total. The van der Waals surface area contributed by atoms with Crippen LogP contribution in [-0.4, -0.2) is 71.0 Å². The molecule has 0 aromatic rings. The van der Waals surface area contributed by atoms with E-state index in [1.54, 1.807) is 0 Å². The molecular formula is C42H82O8. The highest BCUT2D eigenvalue weighted by molar-refractivity contribution is 5.69. The summed E-state index contributed by atoms with van der Waals surface area (Å²) in [4.78, 5) is 22.8. The predicted molar refractivity (Wildman–Crippen MR) is 207 cm³/mol. The van der Waals surface area contributed by atoms with Gasteiger partial charge in [-0.25, -0.2) is 0 Å². The lowest BCUT2D eigenvalue weighted by Gasteiger charge is -2.08. The molecule has 0 spiro atoms. The molecule has 4 N–H and O–H groups in total. The highest BCUT2D eigenvalue weighted by Gasteiger charge is 2.08. The Morgan fingerprint density at radius 3 is 0.980 bits per heavy atom. The largest absolute Gasteiger partial charge is 0.463 e. The maximum absolute atomic E-state index is 11.4. The molecule has 298 valence electrons. The number of ether oxygens (including phenoxy) is 2. The van der Waals surface area contributed by atoms with Crippen LogP contribution in [0.4, 0.5) is 0 Å². The number of aliphatic hydroxyl groups excluding tert-OH is 4. The van der Waals surface area contributed by atoms with Gasteiger partial charge >= 0.3 is 11.9 Å². The highest BCUT2D eigenvalue weighted by Crippen LogP contribution is 2.14. The van der Waals surface area contributed by atoms with E-state index in [0.717, 1.165) is 38.5 Å². The van der Waals surface area contributed by atoms with Crippen molar-refractivity contribution in [2.75, 3.05) is 26.4 Å². The fourth-order valence-corrected chi connectivity index (χ4v) is 5.61. The number of unbranched alkanes of at least 4 members (excludes halogenated alkanes) is 25. The molecular weight excluding hydrogens is 632 g/mol. The Morgan fingerprint density at radius 2 is 0.700 bits per heavy atom. The van der Waals surface area contributed by atoms with E-state index in [2.05, 4.69) is 26.0 Å². The van der Waals surface area contributed by atoms with Crippen LogP contribution in [0.2, 0.25) is 0 Å². The summed E-state index contributed by atoms with van der Waals surface area (Å²) in [7, 11) is 0. The minimum absolute atomic E-state index is 0.103. The average molecular weight is 715 g/mol. The first-order chi connectivity index (χ1) is 24.4. The topological polar surface area (TPSA) is 134 Å². The smallest absolute Gasteiger partial charge is 0.305 e. The van der Waals surface area contributed by atoms with E-state index in [1.807, 2.05) is 0 Å². The fourth-order valence-electron chi connectivity index (χ4n) is 5.61. The van der Waals surface area contributed by atoms with Gasteiger partial charge in [-0.1, -0.05) is 167 Å². The van der Waals surface area contributed by atoms with Gasteiger partial charge in [0.1, 0.15) is 25.4 Å². The van der Waals surface area contributed by atoms with E-state index < -0.39 is 12.2 Å². The van der Waals surface area contributed by atoms with Crippen LogP contribution in [-0.2, 0) is 19.1 Å². The summed E-state index contributed by atoms with van der Waals surface area (Å²) < 4.78 is 9.72. The first-order valence-electron chi connectivity index (χ1n) is 20.9. The van der Waals surface area contributed by atoms with Crippen molar-refractivity contribution in [1.29, 1.82) is 0 Å². The first-order valence-corrected chi connectivity index (χ1v) is 20.9. The first kappa shape index (κ1) is 50.6. The van der Waals surface area contributed by atoms with E-state index in [4.69, 9.17) is 29.9 Å². The summed E-state index contributed by atoms with van der Waals surface area (Å²) in [5.74, 6) is -0.563. The van der Waals surface area contributed by atoms with E-state index in [0.29, 0.717) is 12.8 Å². The zero-order valence-electron chi connectivity index (χ0n) is 32.8. The Bertz CT molecular complexity index is 714. The maximum Gasteiger partial charge on any atom is 0.305 e. The lowest BCUT2D eigenvalue weighted by Crippen LogP contribution is -2.21. The number of hydrogen-bond donors (Lipinski definition) is 4. The average Bonchev–Trinajstić information content (AvgIpc) is 3.12. The summed E-state index contributed by atoms with van der Waals surface area (Å²) in [6.45, 7) is 3.56. The maximum atomic E-state index is 11.4. The summed E-state index contributed by atoms with van der Waals surface area (Å²) in [6, 6.07) is 0. The number of carbonyl (C=O) groups is 2. The second-order valence-corrected chi connectivity index (χ2v) is 14.1. The van der Waals surface area contributed by atoms with Crippen molar-refractivity contribution >= 4 is 11.9 Å². The molecule has 0 aliphatic rings. The van der Waals surface area contributed by atoms with Crippen LogP contribution < -0.4 is 0 Å². The predicted octanol–water partition coefficient (Wildman–Crippen LogP) is 10.1. The zero-order chi connectivity index (χ0) is 37.2. The van der Waals surface area contributed by atoms with Gasteiger partial charge in [0.05, 0.1) is 13.2 Å². The fraction of sp³-hybridized carbons (Fsp3) is 0.905. The van der Waals surface area contributed by atoms with Gasteiger partial charge in [0, 0.05) is 12.8 Å². The van der Waals surface area contributed by atoms with Crippen LogP contribution in [0.15, 0.2) is 12.2 Å². The number of allylic oxidation sites excluding steroid dienone is 2. The summed E-state index contributed by atoms with van der Waals surface area (Å²) >= 11 is 0. The monoisotopic (exact) mass is 715 g/mol. The van der Waals surface area contributed by atoms with Crippen molar-refractivity contribution < 1.29 is 39.5 Å². The van der Waals surface area contributed by atoms with E-state index in [1.165, 1.54) is 141 Å². The lowest BCUT2D eigenvalue weighted by molar-refractivity contribution is -0.148. The Balaban J connectivity index is 0. The molecule has 0 fully saturated rings. The minimum atomic E-state index is -0.960. The quantitative estimate of drug-likeness (QED) is 0.0284. The van der Waals surface area contributed by atoms with Crippen LogP contribution in [0.3, 0.4) is 0 Å². The van der Waals surface area contributed by atoms with E-state index in [-0.39, 0.29) is 38.4 Å². The van der Waals surface area contributed by atoms with Crippen molar-refractivity contribution in [1.82, 2.24) is 0 Å². The molecule has 2 atom stereocenters. The number of rotatable bonds is 37. The third-order valence-electron chi connectivity index (χ3n) is 8.92. The molecule has 0 aromatic carbocycles. The van der Waals surface area contributed by atoms with E-state index >= 15 is 0 Å². The molecule has 8 heteroatoms. The third kappa shape index (κ3) is 44.5. The van der Waals surface area contributed by atoms with Gasteiger partial charge in [0.25, 0.3) is 0 Å². The van der Waals surface area contributed by atoms with E-state index in [9.17, 15) is 9.59 Å². The van der Waals surface area contributed by atoms with Crippen LogP contribution in [0.1, 0.15) is 206 Å². The molecule has 0 saturated carbocycles. The highest BCUT2D eigenvalue weighted by atomic mass is 16.5. The second-order valence-electron chi connectivity index (χ2n) is 14.1. The Morgan fingerprint density at radius 1 is 0.440 bits per heavy atom. The van der Waals surface area contributed by atoms with Gasteiger partial charge in [-0.15, -0.1) is 0 Å². The zero-order valence-corrected chi connectivity index (χ0v) is 32.8. The van der Waals surface area contributed by atoms with Crippen molar-refractivity contribution in [3.63, 3.8) is 0 Å². The standard InChI is InChI=1S/C21H42O4.C21H40O4/c2*1-2-3-4-5-6-7-8-9-10-11-12-13-14-15-16-17-21(24)25-19-20(23)18-22/h20,22-23H,2-19H2,1H3;9-10,20,22-23H,2-8,11-19H2,1H3/b;10-9-. The molecule has 0 amide bonds. The molecule has 0 saturated heterocycles. The van der Waals surface area contributed by atoms with Crippen LogP contribution in [0, 0.1) is 0 Å². The van der Waals surface area contributed by atoms with Crippen LogP contribution in [0.5, 0.6) is 0 Å². The lowest BCUT2D eigenvalue weighted by atomic mass is 10.0. The van der Waals surface area contributed by atoms with Crippen molar-refractivity contribution in [2.24, 2.45) is 0 Å². The van der Waals surface area contributed by atoms with Gasteiger partial charge in [0.2, 0.25) is 0 Å². The second kappa shape index (κ2) is 43.7. The number of aliphatic hydroxyl groups is 4. The number of esters is 2. The van der Waals surface area contributed by atoms with Crippen LogP contribution >= 0.6 is 0 Å². The van der Waals surface area contributed by atoms with Crippen LogP contribution in [0.25, 0.3) is 0 Å². The van der Waals surface area contributed by atoms with Crippen molar-refractivity contribution in [3.05, 3.63) is 12.2 Å². The number of hydrogen-bond acceptors (Lipinski definition) is 8. The molecule has 50 heavy (non-hydrogen) atoms. The Hall–Kier alpha value is -1.48. The van der Waals surface area contributed by atoms with Crippen molar-refractivity contribution in [3.8, 4) is 0 Å². The molecule has 0 aromatic heterocycles. The third-order valence-corrected chi connectivity index (χ3v) is 8.92. The summed E-state index contributed by atoms with van der Waals surface area (Å²) in [5, 5.41) is 35.4. The number of carbonyl (C=O) groups excluding carboxylic acids is 2. The van der Waals surface area contributed by atoms with Gasteiger partial charge in [-0.2, -0.15) is 0 Å². The molecule has 0 rings (SSSR count). The van der Waals surface area contributed by atoms with Gasteiger partial charge in [0.15, 0.2) is 0 Å². The van der Waals surface area contributed by atoms with Gasteiger partial charge < -0.3 is 29.9 Å². The molecule has 2 unspecified atom stereocenters. The SMILES string of the molecule is CCCCCCCC/C=C\CCCCCCCC(=O)OCC(O)CO.CCCCCCCCCCCCCCCCCC(=O)OCC(O)CO. The minimum Gasteiger partial charge on any atom is -0.463 e. The van der Waals surface area contributed by atoms with Gasteiger partial charge in [-0.05, 0) is 38.5 Å². The van der Waals surface area contributed by atoms with Crippen molar-refractivity contribution in [2.45, 2.75) is 219 Å². The normalized spacial score (nSPS) is 12.4. The molecule has 0 radical (unpaired) electrons. The Kier molecular flexibility index (Phi) is 44.2. The Labute approximate surface area is 308 Å². The summed E-state index contributed by atoms with van der Waals surface area (Å²) in [5.41, 5.74) is 0. The molecule has 0 aliphatic carbocycles. The van der Waals surface area contributed by atoms with Gasteiger partial charge in [-0.3, -0.25) is 9.59 Å². The molecule has 0 heterocycles.